The molecule has 0 fully saturated rings. The molecular formula is C14H12BrClN2OS. The smallest absolute Gasteiger partial charge is 0.237 e. The Morgan fingerprint density at radius 1 is 1.40 bits per heavy atom. The summed E-state index contributed by atoms with van der Waals surface area (Å²) in [5.74, 6) is -0.107. The predicted molar refractivity (Wildman–Crippen MR) is 87.3 cm³/mol. The molecule has 1 amide bonds. The maximum Gasteiger partial charge on any atom is 0.237 e. The highest BCUT2D eigenvalue weighted by Crippen LogP contribution is 2.27. The normalized spacial score (nSPS) is 11.9. The van der Waals surface area contributed by atoms with Crippen molar-refractivity contribution in [3.8, 4) is 0 Å². The van der Waals surface area contributed by atoms with Crippen LogP contribution in [0.5, 0.6) is 0 Å². The Balaban J connectivity index is 2.01. The van der Waals surface area contributed by atoms with E-state index in [-0.39, 0.29) is 11.2 Å². The first-order chi connectivity index (χ1) is 9.56. The van der Waals surface area contributed by atoms with Gasteiger partial charge in [-0.3, -0.25) is 4.79 Å². The van der Waals surface area contributed by atoms with E-state index in [1.54, 1.807) is 18.3 Å². The van der Waals surface area contributed by atoms with E-state index in [9.17, 15) is 4.79 Å². The van der Waals surface area contributed by atoms with Crippen LogP contribution in [0.25, 0.3) is 0 Å². The first-order valence-corrected chi connectivity index (χ1v) is 7.95. The fourth-order valence-electron chi connectivity index (χ4n) is 1.51. The summed E-state index contributed by atoms with van der Waals surface area (Å²) >= 11 is 10.8. The number of carbonyl (C=O) groups excluding carboxylic acids is 1. The first-order valence-electron chi connectivity index (χ1n) is 5.90. The van der Waals surface area contributed by atoms with Gasteiger partial charge in [0.2, 0.25) is 5.91 Å². The van der Waals surface area contributed by atoms with E-state index in [4.69, 9.17) is 11.6 Å². The zero-order valence-electron chi connectivity index (χ0n) is 10.6. The molecule has 1 N–H and O–H groups in total. The molecule has 0 spiro atoms. The molecule has 1 atom stereocenters. The van der Waals surface area contributed by atoms with Crippen molar-refractivity contribution in [3.63, 3.8) is 0 Å². The van der Waals surface area contributed by atoms with Crippen LogP contribution in [0.1, 0.15) is 6.92 Å². The molecule has 0 saturated heterocycles. The van der Waals surface area contributed by atoms with Crippen molar-refractivity contribution in [1.82, 2.24) is 4.98 Å². The standard InChI is InChI=1S/C14H12BrClN2OS/c1-9(20-11-5-2-4-10(15)8-11)14(19)18-12-6-3-7-17-13(12)16/h2-9H,1H3,(H,18,19). The van der Waals surface area contributed by atoms with Crippen molar-refractivity contribution in [3.05, 3.63) is 52.2 Å². The molecule has 1 aromatic carbocycles. The quantitative estimate of drug-likeness (QED) is 0.630. The van der Waals surface area contributed by atoms with Crippen molar-refractivity contribution in [2.24, 2.45) is 0 Å². The lowest BCUT2D eigenvalue weighted by Gasteiger charge is -2.12. The highest BCUT2D eigenvalue weighted by Gasteiger charge is 2.15. The van der Waals surface area contributed by atoms with Crippen molar-refractivity contribution < 1.29 is 4.79 Å². The Hall–Kier alpha value is -1.04. The maximum atomic E-state index is 12.1. The van der Waals surface area contributed by atoms with Crippen LogP contribution in [0.3, 0.4) is 0 Å². The van der Waals surface area contributed by atoms with Gasteiger partial charge in [0, 0.05) is 15.6 Å². The Morgan fingerprint density at radius 2 is 2.20 bits per heavy atom. The van der Waals surface area contributed by atoms with Gasteiger partial charge in [0.25, 0.3) is 0 Å². The lowest BCUT2D eigenvalue weighted by molar-refractivity contribution is -0.115. The summed E-state index contributed by atoms with van der Waals surface area (Å²) < 4.78 is 0.991. The Kier molecular flexibility index (Phi) is 5.46. The average Bonchev–Trinajstić information content (AvgIpc) is 2.41. The summed E-state index contributed by atoms with van der Waals surface area (Å²) in [5.41, 5.74) is 0.529. The summed E-state index contributed by atoms with van der Waals surface area (Å²) in [6.45, 7) is 1.85. The third-order valence-electron chi connectivity index (χ3n) is 2.50. The van der Waals surface area contributed by atoms with E-state index in [0.29, 0.717) is 10.8 Å². The molecule has 0 aliphatic carbocycles. The van der Waals surface area contributed by atoms with Gasteiger partial charge in [-0.25, -0.2) is 4.98 Å². The van der Waals surface area contributed by atoms with Crippen molar-refractivity contribution in [2.75, 3.05) is 5.32 Å². The van der Waals surface area contributed by atoms with Crippen LogP contribution in [0.4, 0.5) is 5.69 Å². The van der Waals surface area contributed by atoms with Crippen LogP contribution in [0.15, 0.2) is 52.0 Å². The van der Waals surface area contributed by atoms with Crippen molar-refractivity contribution in [1.29, 1.82) is 0 Å². The van der Waals surface area contributed by atoms with E-state index in [1.165, 1.54) is 11.8 Å². The van der Waals surface area contributed by atoms with Crippen LogP contribution in [-0.4, -0.2) is 16.1 Å². The third-order valence-corrected chi connectivity index (χ3v) is 4.38. The van der Waals surface area contributed by atoms with Gasteiger partial charge >= 0.3 is 0 Å². The molecule has 6 heteroatoms. The predicted octanol–water partition coefficient (Wildman–Crippen LogP) is 4.62. The number of anilines is 1. The topological polar surface area (TPSA) is 42.0 Å². The highest BCUT2D eigenvalue weighted by molar-refractivity contribution is 9.10. The van der Waals surface area contributed by atoms with Crippen LogP contribution in [-0.2, 0) is 4.79 Å². The molecule has 20 heavy (non-hydrogen) atoms. The maximum absolute atomic E-state index is 12.1. The van der Waals surface area contributed by atoms with Crippen molar-refractivity contribution >= 4 is 50.9 Å². The van der Waals surface area contributed by atoms with E-state index >= 15 is 0 Å². The fourth-order valence-corrected chi connectivity index (χ4v) is 3.16. The number of halogens is 2. The Labute approximate surface area is 135 Å². The van der Waals surface area contributed by atoms with E-state index in [2.05, 4.69) is 26.2 Å². The van der Waals surface area contributed by atoms with Gasteiger partial charge in [-0.05, 0) is 37.3 Å². The Morgan fingerprint density at radius 3 is 2.90 bits per heavy atom. The summed E-state index contributed by atoms with van der Waals surface area (Å²) in [4.78, 5) is 17.1. The number of benzene rings is 1. The number of pyridine rings is 1. The lowest BCUT2D eigenvalue weighted by atomic mass is 10.4. The van der Waals surface area contributed by atoms with Gasteiger partial charge in [0.1, 0.15) is 0 Å². The number of nitrogens with zero attached hydrogens (tertiary/aromatic N) is 1. The number of thioether (sulfide) groups is 1. The highest BCUT2D eigenvalue weighted by atomic mass is 79.9. The summed E-state index contributed by atoms with van der Waals surface area (Å²) in [6.07, 6.45) is 1.58. The van der Waals surface area contributed by atoms with Gasteiger partial charge in [-0.1, -0.05) is 33.6 Å². The largest absolute Gasteiger partial charge is 0.322 e. The summed E-state index contributed by atoms with van der Waals surface area (Å²) in [6, 6.07) is 11.3. The number of aromatic nitrogens is 1. The number of nitrogens with one attached hydrogen (secondary N) is 1. The van der Waals surface area contributed by atoms with Crippen molar-refractivity contribution in [2.45, 2.75) is 17.1 Å². The molecule has 1 unspecified atom stereocenters. The second-order valence-corrected chi connectivity index (χ2v) is 6.74. The van der Waals surface area contributed by atoms with Gasteiger partial charge < -0.3 is 5.32 Å². The van der Waals surface area contributed by atoms with Gasteiger partial charge in [-0.15, -0.1) is 11.8 Å². The molecule has 1 aromatic heterocycles. The molecule has 104 valence electrons. The molecule has 3 nitrogen and oxygen atoms in total. The second kappa shape index (κ2) is 7.11. The zero-order valence-corrected chi connectivity index (χ0v) is 13.8. The minimum atomic E-state index is -0.236. The molecule has 0 aliphatic rings. The van der Waals surface area contributed by atoms with Crippen LogP contribution in [0.2, 0.25) is 5.15 Å². The third kappa shape index (κ3) is 4.23. The molecule has 0 radical (unpaired) electrons. The second-order valence-electron chi connectivity index (χ2n) is 4.05. The summed E-state index contributed by atoms with van der Waals surface area (Å²) in [5, 5.41) is 2.84. The number of hydrogen-bond donors (Lipinski definition) is 1. The minimum Gasteiger partial charge on any atom is -0.322 e. The van der Waals surface area contributed by atoms with E-state index < -0.39 is 0 Å². The molecule has 2 rings (SSSR count). The zero-order chi connectivity index (χ0) is 14.5. The molecule has 0 saturated carbocycles. The van der Waals surface area contributed by atoms with Gasteiger partial charge in [-0.2, -0.15) is 0 Å². The number of rotatable bonds is 4. The number of hydrogen-bond acceptors (Lipinski definition) is 3. The molecule has 1 heterocycles. The SMILES string of the molecule is CC(Sc1cccc(Br)c1)C(=O)Nc1cccnc1Cl. The lowest BCUT2D eigenvalue weighted by Crippen LogP contribution is -2.22. The van der Waals surface area contributed by atoms with Gasteiger partial charge in [0.15, 0.2) is 5.15 Å². The van der Waals surface area contributed by atoms with E-state index in [1.807, 2.05) is 31.2 Å². The molecular weight excluding hydrogens is 360 g/mol. The van der Waals surface area contributed by atoms with Gasteiger partial charge in [0.05, 0.1) is 10.9 Å². The van der Waals surface area contributed by atoms with Crippen LogP contribution in [0, 0.1) is 0 Å². The Bertz CT molecular complexity index is 624. The monoisotopic (exact) mass is 370 g/mol. The average molecular weight is 372 g/mol. The minimum absolute atomic E-state index is 0.107. The van der Waals surface area contributed by atoms with Crippen LogP contribution >= 0.6 is 39.3 Å². The molecule has 0 bridgehead atoms. The summed E-state index contributed by atoms with van der Waals surface area (Å²) in [7, 11) is 0. The van der Waals surface area contributed by atoms with E-state index in [0.717, 1.165) is 9.37 Å². The fraction of sp³-hybridized carbons (Fsp3) is 0.143. The number of carbonyl (C=O) groups is 1. The molecule has 0 aliphatic heterocycles. The first kappa shape index (κ1) is 15.4. The number of amides is 1. The van der Waals surface area contributed by atoms with Crippen LogP contribution < -0.4 is 5.32 Å². The molecule has 2 aromatic rings.